The number of esters is 1. The zero-order valence-corrected chi connectivity index (χ0v) is 22.7. The van der Waals surface area contributed by atoms with Crippen LogP contribution in [-0.4, -0.2) is 71.8 Å². The van der Waals surface area contributed by atoms with E-state index in [9.17, 15) is 26.4 Å². The molecule has 0 bridgehead atoms. The molecule has 0 amide bonds. The number of rotatable bonds is 7. The molecular formula is C28H28F3N3O5S. The van der Waals surface area contributed by atoms with E-state index < -0.39 is 22.5 Å². The number of benzene rings is 3. The van der Waals surface area contributed by atoms with Crippen molar-refractivity contribution in [2.24, 2.45) is 0 Å². The molecule has 8 nitrogen and oxygen atoms in total. The summed E-state index contributed by atoms with van der Waals surface area (Å²) in [5.74, 6) is -1.48. The van der Waals surface area contributed by atoms with Crippen molar-refractivity contribution >= 4 is 27.4 Å². The highest BCUT2D eigenvalue weighted by atomic mass is 32.2. The van der Waals surface area contributed by atoms with Crippen LogP contribution in [0.15, 0.2) is 65.6 Å². The van der Waals surface area contributed by atoms with Crippen molar-refractivity contribution < 1.29 is 35.9 Å². The van der Waals surface area contributed by atoms with Crippen LogP contribution in [0.25, 0.3) is 11.1 Å². The maximum Gasteiger partial charge on any atom is 0.387 e. The summed E-state index contributed by atoms with van der Waals surface area (Å²) in [5, 5.41) is 0. The summed E-state index contributed by atoms with van der Waals surface area (Å²) in [4.78, 5) is 16.1. The van der Waals surface area contributed by atoms with Gasteiger partial charge >= 0.3 is 12.6 Å². The molecule has 0 radical (unpaired) electrons. The molecule has 2 heterocycles. The minimum atomic E-state index is -4.03. The van der Waals surface area contributed by atoms with Gasteiger partial charge in [0.15, 0.2) is 0 Å². The van der Waals surface area contributed by atoms with Crippen LogP contribution in [0, 0.1) is 12.7 Å². The van der Waals surface area contributed by atoms with E-state index in [1.54, 1.807) is 43.3 Å². The van der Waals surface area contributed by atoms with E-state index in [2.05, 4.69) is 9.64 Å². The molecule has 12 heteroatoms. The number of carbonyl (C=O) groups excluding carboxylic acids is 1. The summed E-state index contributed by atoms with van der Waals surface area (Å²) in [6, 6.07) is 14.7. The van der Waals surface area contributed by atoms with E-state index >= 15 is 0 Å². The lowest BCUT2D eigenvalue weighted by Crippen LogP contribution is -2.61. The fourth-order valence-electron chi connectivity index (χ4n) is 5.25. The normalized spacial score (nSPS) is 17.4. The Hall–Kier alpha value is -3.77. The number of ether oxygens (including phenoxy) is 2. The van der Waals surface area contributed by atoms with Crippen LogP contribution in [0.3, 0.4) is 0 Å². The zero-order valence-electron chi connectivity index (χ0n) is 21.9. The lowest BCUT2D eigenvalue weighted by Gasteiger charge is -2.49. The zero-order chi connectivity index (χ0) is 28.6. The second-order valence-corrected chi connectivity index (χ2v) is 11.6. The smallest absolute Gasteiger partial charge is 0.387 e. The highest BCUT2D eigenvalue weighted by molar-refractivity contribution is 7.92. The van der Waals surface area contributed by atoms with Gasteiger partial charge in [-0.05, 0) is 60.0 Å². The van der Waals surface area contributed by atoms with Gasteiger partial charge in [0.2, 0.25) is 0 Å². The number of alkyl halides is 2. The number of hydrogen-bond acceptors (Lipinski definition) is 7. The van der Waals surface area contributed by atoms with Gasteiger partial charge in [-0.1, -0.05) is 18.2 Å². The molecule has 0 N–H and O–H groups in total. The molecule has 3 aromatic rings. The molecular weight excluding hydrogens is 547 g/mol. The minimum Gasteiger partial charge on any atom is -0.468 e. The second-order valence-electron chi connectivity index (χ2n) is 9.77. The Labute approximate surface area is 230 Å². The maximum absolute atomic E-state index is 14.3. The van der Waals surface area contributed by atoms with E-state index in [4.69, 9.17) is 4.74 Å². The summed E-state index contributed by atoms with van der Waals surface area (Å²) in [6.45, 7) is 0.427. The molecule has 0 spiro atoms. The topological polar surface area (TPSA) is 79.4 Å². The monoisotopic (exact) mass is 575 g/mol. The van der Waals surface area contributed by atoms with Gasteiger partial charge in [-0.3, -0.25) is 14.0 Å². The summed E-state index contributed by atoms with van der Waals surface area (Å²) in [7, 11) is -2.70. The maximum atomic E-state index is 14.3. The number of anilines is 2. The molecule has 1 fully saturated rings. The van der Waals surface area contributed by atoms with E-state index in [1.165, 1.54) is 29.6 Å². The fraction of sp³-hybridized carbons (Fsp3) is 0.321. The van der Waals surface area contributed by atoms with E-state index in [1.807, 2.05) is 4.90 Å². The minimum absolute atomic E-state index is 0.0971. The summed E-state index contributed by atoms with van der Waals surface area (Å²) in [5.41, 5.74) is 2.52. The molecule has 0 aromatic heterocycles. The Kier molecular flexibility index (Phi) is 7.65. The van der Waals surface area contributed by atoms with Crippen LogP contribution < -0.4 is 13.9 Å². The van der Waals surface area contributed by atoms with Crippen molar-refractivity contribution in [3.05, 3.63) is 72.0 Å². The van der Waals surface area contributed by atoms with Gasteiger partial charge in [-0.25, -0.2) is 12.8 Å². The highest BCUT2D eigenvalue weighted by Crippen LogP contribution is 2.42. The van der Waals surface area contributed by atoms with Gasteiger partial charge in [0, 0.05) is 25.7 Å². The molecule has 40 heavy (non-hydrogen) atoms. The first-order valence-electron chi connectivity index (χ1n) is 12.6. The lowest BCUT2D eigenvalue weighted by atomic mass is 10.00. The largest absolute Gasteiger partial charge is 0.468 e. The Balaban J connectivity index is 1.59. The van der Waals surface area contributed by atoms with Gasteiger partial charge < -0.3 is 14.4 Å². The number of halogens is 3. The van der Waals surface area contributed by atoms with Crippen LogP contribution in [0.5, 0.6) is 5.75 Å². The van der Waals surface area contributed by atoms with Crippen LogP contribution in [-0.2, 0) is 19.6 Å². The van der Waals surface area contributed by atoms with Gasteiger partial charge in [0.1, 0.15) is 11.6 Å². The molecule has 2 aliphatic heterocycles. The second kappa shape index (κ2) is 11.0. The number of aryl methyl sites for hydroxylation is 1. The quantitative estimate of drug-likeness (QED) is 0.390. The number of carbonyl (C=O) groups is 1. The van der Waals surface area contributed by atoms with Crippen molar-refractivity contribution in [2.45, 2.75) is 24.5 Å². The molecule has 0 saturated carbocycles. The Morgan fingerprint density at radius 2 is 1.80 bits per heavy atom. The van der Waals surface area contributed by atoms with Crippen molar-refractivity contribution in [3.63, 3.8) is 0 Å². The van der Waals surface area contributed by atoms with E-state index in [-0.39, 0.29) is 41.3 Å². The van der Waals surface area contributed by atoms with E-state index in [0.717, 1.165) is 11.6 Å². The first-order chi connectivity index (χ1) is 19.0. The fourth-order valence-corrected chi connectivity index (χ4v) is 6.86. The number of fused-ring (bicyclic) bond motifs is 3. The van der Waals surface area contributed by atoms with Crippen LogP contribution in [0.2, 0.25) is 0 Å². The van der Waals surface area contributed by atoms with Crippen molar-refractivity contribution in [3.8, 4) is 16.9 Å². The third kappa shape index (κ3) is 5.59. The van der Waals surface area contributed by atoms with Crippen molar-refractivity contribution in [1.82, 2.24) is 4.90 Å². The lowest BCUT2D eigenvalue weighted by molar-refractivity contribution is -0.142. The standard InChI is InChI=1S/C28H28F3N3O5S/c1-18-4-3-5-24(10-18)40(36,37)34-16-22-15-32(17-27(35)38-2)8-9-33(22)25-7-6-19(13-26(25)34)20-11-21(29)14-23(12-20)39-28(30)31/h3-7,10-14,22,28H,8-9,15-17H2,1-2H3/t22-/m0/s1. The Bertz CT molecular complexity index is 1540. The van der Waals surface area contributed by atoms with Gasteiger partial charge in [0.25, 0.3) is 10.0 Å². The number of nitrogens with zero attached hydrogens (tertiary/aromatic N) is 3. The van der Waals surface area contributed by atoms with Gasteiger partial charge in [-0.2, -0.15) is 8.78 Å². The SMILES string of the molecule is COC(=O)CN1CCN2c3ccc(-c4cc(F)cc(OC(F)F)c4)cc3N(S(=O)(=O)c3cccc(C)c3)C[C@@H]2C1. The molecule has 0 unspecified atom stereocenters. The molecule has 0 aliphatic carbocycles. The first kappa shape index (κ1) is 27.8. The van der Waals surface area contributed by atoms with Gasteiger partial charge in [0.05, 0.1) is 42.5 Å². The van der Waals surface area contributed by atoms with Crippen LogP contribution in [0.4, 0.5) is 24.5 Å². The molecule has 3 aromatic carbocycles. The highest BCUT2D eigenvalue weighted by Gasteiger charge is 2.40. The predicted octanol–water partition coefficient (Wildman–Crippen LogP) is 4.28. The third-order valence-corrected chi connectivity index (χ3v) is 8.86. The van der Waals surface area contributed by atoms with Crippen molar-refractivity contribution in [2.75, 3.05) is 49.0 Å². The summed E-state index contributed by atoms with van der Waals surface area (Å²) >= 11 is 0. The molecule has 1 atom stereocenters. The van der Waals surface area contributed by atoms with Crippen molar-refractivity contribution in [1.29, 1.82) is 0 Å². The molecule has 212 valence electrons. The molecule has 5 rings (SSSR count). The average Bonchev–Trinajstić information content (AvgIpc) is 2.91. The summed E-state index contributed by atoms with van der Waals surface area (Å²) in [6.07, 6.45) is 0. The Morgan fingerprint density at radius 1 is 1.00 bits per heavy atom. The third-order valence-electron chi connectivity index (χ3n) is 7.08. The molecule has 1 saturated heterocycles. The van der Waals surface area contributed by atoms with Crippen LogP contribution >= 0.6 is 0 Å². The Morgan fingerprint density at radius 3 is 2.52 bits per heavy atom. The number of sulfonamides is 1. The van der Waals surface area contributed by atoms with E-state index in [0.29, 0.717) is 36.6 Å². The average molecular weight is 576 g/mol. The first-order valence-corrected chi connectivity index (χ1v) is 14.0. The van der Waals surface area contributed by atoms with Crippen LogP contribution in [0.1, 0.15) is 5.56 Å². The number of hydrogen-bond donors (Lipinski definition) is 0. The van der Waals surface area contributed by atoms with Gasteiger partial charge in [-0.15, -0.1) is 0 Å². The number of methoxy groups -OCH3 is 1. The predicted molar refractivity (Wildman–Crippen MR) is 144 cm³/mol. The summed E-state index contributed by atoms with van der Waals surface area (Å²) < 4.78 is 78.5. The molecule has 2 aliphatic rings. The number of piperazine rings is 1.